The van der Waals surface area contributed by atoms with E-state index in [4.69, 9.17) is 0 Å². The van der Waals surface area contributed by atoms with Crippen LogP contribution in [0.4, 0.5) is 5.69 Å². The first-order valence-corrected chi connectivity index (χ1v) is 6.97. The summed E-state index contributed by atoms with van der Waals surface area (Å²) in [6, 6.07) is 12.0. The summed E-state index contributed by atoms with van der Waals surface area (Å²) in [5.41, 5.74) is 4.27. The number of aryl methyl sites for hydroxylation is 2. The average molecular weight is 280 g/mol. The maximum absolute atomic E-state index is 11.7. The van der Waals surface area contributed by atoms with E-state index in [0.717, 1.165) is 11.4 Å². The van der Waals surface area contributed by atoms with E-state index in [-0.39, 0.29) is 5.91 Å². The minimum absolute atomic E-state index is 0.130. The number of nitrogens with zero attached hydrogens (tertiary/aromatic N) is 1. The summed E-state index contributed by atoms with van der Waals surface area (Å²) in [5.74, 6) is -0.130. The van der Waals surface area contributed by atoms with Crippen LogP contribution in [0.15, 0.2) is 60.7 Å². The third-order valence-corrected chi connectivity index (χ3v) is 3.22. The highest BCUT2D eigenvalue weighted by Gasteiger charge is 2.04. The number of hydrogen-bond donors (Lipinski definition) is 1. The van der Waals surface area contributed by atoms with Gasteiger partial charge >= 0.3 is 0 Å². The van der Waals surface area contributed by atoms with Crippen molar-refractivity contribution in [2.45, 2.75) is 20.8 Å². The Hall–Kier alpha value is -2.55. The van der Waals surface area contributed by atoms with Gasteiger partial charge in [-0.3, -0.25) is 4.79 Å². The van der Waals surface area contributed by atoms with Gasteiger partial charge in [0.25, 0.3) is 0 Å². The SMILES string of the molecule is C/C=C/C=C/C(=O)Nc1ccc(-n2c(C)ccc2C)cc1. The molecule has 1 heterocycles. The largest absolute Gasteiger partial charge is 0.323 e. The molecule has 0 aliphatic rings. The molecule has 2 aromatic rings. The van der Waals surface area contributed by atoms with Crippen LogP contribution in [-0.2, 0) is 4.79 Å². The number of rotatable bonds is 4. The molecular formula is C18H20N2O. The summed E-state index contributed by atoms with van der Waals surface area (Å²) in [4.78, 5) is 11.7. The zero-order valence-electron chi connectivity index (χ0n) is 12.6. The first-order valence-electron chi connectivity index (χ1n) is 6.97. The highest BCUT2D eigenvalue weighted by Crippen LogP contribution is 2.18. The molecule has 0 unspecified atom stereocenters. The van der Waals surface area contributed by atoms with Crippen LogP contribution in [0, 0.1) is 13.8 Å². The fourth-order valence-corrected chi connectivity index (χ4v) is 2.21. The molecule has 1 N–H and O–H groups in total. The Bertz CT molecular complexity index is 656. The molecule has 0 spiro atoms. The molecule has 108 valence electrons. The predicted octanol–water partition coefficient (Wildman–Crippen LogP) is 4.16. The monoisotopic (exact) mass is 280 g/mol. The van der Waals surface area contributed by atoms with Crippen LogP contribution in [0.25, 0.3) is 5.69 Å². The Kier molecular flexibility index (Phi) is 4.77. The molecule has 0 saturated carbocycles. The molecule has 0 atom stereocenters. The van der Waals surface area contributed by atoms with Crippen molar-refractivity contribution in [3.05, 3.63) is 72.1 Å². The van der Waals surface area contributed by atoms with E-state index in [1.54, 1.807) is 6.08 Å². The Labute approximate surface area is 125 Å². The van der Waals surface area contributed by atoms with Gasteiger partial charge in [-0.05, 0) is 57.2 Å². The molecule has 0 aliphatic carbocycles. The zero-order chi connectivity index (χ0) is 15.2. The van der Waals surface area contributed by atoms with Crippen molar-refractivity contribution in [2.24, 2.45) is 0 Å². The minimum atomic E-state index is -0.130. The Morgan fingerprint density at radius 2 is 1.62 bits per heavy atom. The van der Waals surface area contributed by atoms with Crippen LogP contribution in [0.2, 0.25) is 0 Å². The second-order valence-electron chi connectivity index (χ2n) is 4.87. The van der Waals surface area contributed by atoms with Gasteiger partial charge in [0.1, 0.15) is 0 Å². The number of nitrogens with one attached hydrogen (secondary N) is 1. The number of aromatic nitrogens is 1. The molecule has 0 saturated heterocycles. The van der Waals surface area contributed by atoms with Gasteiger partial charge in [-0.2, -0.15) is 0 Å². The highest BCUT2D eigenvalue weighted by atomic mass is 16.1. The van der Waals surface area contributed by atoms with Crippen LogP contribution in [0.1, 0.15) is 18.3 Å². The van der Waals surface area contributed by atoms with Gasteiger partial charge in [0.05, 0.1) is 0 Å². The Balaban J connectivity index is 2.11. The van der Waals surface area contributed by atoms with Crippen molar-refractivity contribution in [3.8, 4) is 5.69 Å². The first-order chi connectivity index (χ1) is 10.1. The Morgan fingerprint density at radius 1 is 1.00 bits per heavy atom. The van der Waals surface area contributed by atoms with E-state index in [1.807, 2.05) is 43.3 Å². The molecule has 1 amide bonds. The number of carbonyl (C=O) groups excluding carboxylic acids is 1. The van der Waals surface area contributed by atoms with Gasteiger partial charge in [0.2, 0.25) is 5.91 Å². The number of allylic oxidation sites excluding steroid dienone is 3. The van der Waals surface area contributed by atoms with Gasteiger partial charge in [-0.25, -0.2) is 0 Å². The van der Waals surface area contributed by atoms with Crippen LogP contribution in [-0.4, -0.2) is 10.5 Å². The van der Waals surface area contributed by atoms with Gasteiger partial charge in [0, 0.05) is 28.8 Å². The topological polar surface area (TPSA) is 34.0 Å². The summed E-state index contributed by atoms with van der Waals surface area (Å²) in [6.45, 7) is 6.07. The molecule has 0 bridgehead atoms. The van der Waals surface area contributed by atoms with E-state index < -0.39 is 0 Å². The molecule has 3 heteroatoms. The third kappa shape index (κ3) is 3.72. The van der Waals surface area contributed by atoms with Gasteiger partial charge < -0.3 is 9.88 Å². The summed E-state index contributed by atoms with van der Waals surface area (Å²) >= 11 is 0. The fraction of sp³-hybridized carbons (Fsp3) is 0.167. The molecule has 0 fully saturated rings. The number of carbonyl (C=O) groups is 1. The Morgan fingerprint density at radius 3 is 2.19 bits per heavy atom. The molecule has 0 aliphatic heterocycles. The second-order valence-corrected chi connectivity index (χ2v) is 4.87. The van der Waals surface area contributed by atoms with Gasteiger partial charge in [-0.1, -0.05) is 18.2 Å². The fourth-order valence-electron chi connectivity index (χ4n) is 2.21. The quantitative estimate of drug-likeness (QED) is 0.662. The molecule has 1 aromatic carbocycles. The smallest absolute Gasteiger partial charge is 0.248 e. The number of anilines is 1. The van der Waals surface area contributed by atoms with E-state index in [2.05, 4.69) is 35.9 Å². The van der Waals surface area contributed by atoms with E-state index in [1.165, 1.54) is 17.5 Å². The summed E-state index contributed by atoms with van der Waals surface area (Å²) in [5, 5.41) is 2.83. The molecule has 3 nitrogen and oxygen atoms in total. The first kappa shape index (κ1) is 14.9. The van der Waals surface area contributed by atoms with E-state index in [0.29, 0.717) is 0 Å². The zero-order valence-corrected chi connectivity index (χ0v) is 12.6. The molecule has 21 heavy (non-hydrogen) atoms. The summed E-state index contributed by atoms with van der Waals surface area (Å²) in [6.07, 6.45) is 6.92. The predicted molar refractivity (Wildman–Crippen MR) is 87.8 cm³/mol. The van der Waals surface area contributed by atoms with Crippen molar-refractivity contribution in [1.29, 1.82) is 0 Å². The van der Waals surface area contributed by atoms with Crippen molar-refractivity contribution in [2.75, 3.05) is 5.32 Å². The van der Waals surface area contributed by atoms with Gasteiger partial charge in [-0.15, -0.1) is 0 Å². The lowest BCUT2D eigenvalue weighted by Gasteiger charge is -2.10. The van der Waals surface area contributed by atoms with E-state index >= 15 is 0 Å². The minimum Gasteiger partial charge on any atom is -0.323 e. The highest BCUT2D eigenvalue weighted by molar-refractivity contribution is 5.99. The van der Waals surface area contributed by atoms with Crippen molar-refractivity contribution < 1.29 is 4.79 Å². The van der Waals surface area contributed by atoms with Crippen LogP contribution in [0.5, 0.6) is 0 Å². The molecule has 1 aromatic heterocycles. The van der Waals surface area contributed by atoms with Crippen molar-refractivity contribution in [3.63, 3.8) is 0 Å². The van der Waals surface area contributed by atoms with Crippen molar-refractivity contribution >= 4 is 11.6 Å². The number of amides is 1. The van der Waals surface area contributed by atoms with Crippen LogP contribution < -0.4 is 5.32 Å². The summed E-state index contributed by atoms with van der Waals surface area (Å²) in [7, 11) is 0. The lowest BCUT2D eigenvalue weighted by molar-refractivity contribution is -0.111. The lowest BCUT2D eigenvalue weighted by Crippen LogP contribution is -2.07. The normalized spacial score (nSPS) is 11.4. The molecular weight excluding hydrogens is 260 g/mol. The molecule has 0 radical (unpaired) electrons. The van der Waals surface area contributed by atoms with Crippen LogP contribution >= 0.6 is 0 Å². The van der Waals surface area contributed by atoms with Crippen molar-refractivity contribution in [1.82, 2.24) is 4.57 Å². The van der Waals surface area contributed by atoms with Crippen LogP contribution in [0.3, 0.4) is 0 Å². The summed E-state index contributed by atoms with van der Waals surface area (Å²) < 4.78 is 2.18. The third-order valence-electron chi connectivity index (χ3n) is 3.22. The maximum Gasteiger partial charge on any atom is 0.248 e. The maximum atomic E-state index is 11.7. The number of hydrogen-bond acceptors (Lipinski definition) is 1. The standard InChI is InChI=1S/C18H20N2O/c1-4-5-6-7-18(21)19-16-10-12-17(13-11-16)20-14(2)8-9-15(20)3/h4-13H,1-3H3,(H,19,21)/b5-4+,7-6+. The van der Waals surface area contributed by atoms with Gasteiger partial charge in [0.15, 0.2) is 0 Å². The average Bonchev–Trinajstić information content (AvgIpc) is 2.80. The number of benzene rings is 1. The second kappa shape index (κ2) is 6.75. The lowest BCUT2D eigenvalue weighted by atomic mass is 10.2. The van der Waals surface area contributed by atoms with E-state index in [9.17, 15) is 4.79 Å². The molecule has 2 rings (SSSR count).